The molecule has 0 atom stereocenters. The van der Waals surface area contributed by atoms with Crippen LogP contribution in [0.1, 0.15) is 24.5 Å². The predicted octanol–water partition coefficient (Wildman–Crippen LogP) is 3.18. The molecule has 0 aliphatic heterocycles. The van der Waals surface area contributed by atoms with Crippen molar-refractivity contribution >= 4 is 27.8 Å². The SMILES string of the molecule is Nc1nnc(-c2sc(-c3cccnc3)nc2C2CC2)s1. The Hall–Kier alpha value is -1.86. The summed E-state index contributed by atoms with van der Waals surface area (Å²) in [5, 5.41) is 10.4. The number of nitrogens with zero attached hydrogens (tertiary/aromatic N) is 4. The zero-order valence-electron chi connectivity index (χ0n) is 10.5. The van der Waals surface area contributed by atoms with E-state index in [0.717, 1.165) is 26.1 Å². The van der Waals surface area contributed by atoms with E-state index in [1.807, 2.05) is 18.3 Å². The van der Waals surface area contributed by atoms with E-state index in [4.69, 9.17) is 10.7 Å². The molecule has 1 saturated carbocycles. The van der Waals surface area contributed by atoms with Crippen LogP contribution < -0.4 is 5.73 Å². The Labute approximate surface area is 123 Å². The minimum atomic E-state index is 0.498. The van der Waals surface area contributed by atoms with Gasteiger partial charge in [-0.1, -0.05) is 11.3 Å². The lowest BCUT2D eigenvalue weighted by Gasteiger charge is -1.93. The Morgan fingerprint density at radius 2 is 2.05 bits per heavy atom. The second-order valence-electron chi connectivity index (χ2n) is 4.69. The topological polar surface area (TPSA) is 77.6 Å². The maximum absolute atomic E-state index is 5.69. The van der Waals surface area contributed by atoms with Crippen molar-refractivity contribution in [2.45, 2.75) is 18.8 Å². The van der Waals surface area contributed by atoms with Crippen LogP contribution >= 0.6 is 22.7 Å². The van der Waals surface area contributed by atoms with Gasteiger partial charge in [-0.3, -0.25) is 4.98 Å². The average molecular weight is 301 g/mol. The maximum atomic E-state index is 5.69. The molecule has 0 amide bonds. The van der Waals surface area contributed by atoms with Crippen LogP contribution in [0.15, 0.2) is 24.5 Å². The molecule has 5 nitrogen and oxygen atoms in total. The first-order valence-corrected chi connectivity index (χ1v) is 7.95. The van der Waals surface area contributed by atoms with Crippen LogP contribution in [-0.2, 0) is 0 Å². The van der Waals surface area contributed by atoms with Gasteiger partial charge in [-0.25, -0.2) is 4.98 Å². The zero-order valence-corrected chi connectivity index (χ0v) is 12.1. The van der Waals surface area contributed by atoms with Crippen molar-refractivity contribution in [2.75, 3.05) is 5.73 Å². The van der Waals surface area contributed by atoms with Gasteiger partial charge >= 0.3 is 0 Å². The molecule has 1 aliphatic rings. The largest absolute Gasteiger partial charge is 0.374 e. The summed E-state index contributed by atoms with van der Waals surface area (Å²) < 4.78 is 0. The first kappa shape index (κ1) is 11.9. The average Bonchev–Trinajstić information content (AvgIpc) is 3.08. The van der Waals surface area contributed by atoms with Crippen molar-refractivity contribution in [3.05, 3.63) is 30.2 Å². The Morgan fingerprint density at radius 3 is 2.70 bits per heavy atom. The molecule has 0 saturated heterocycles. The molecule has 0 radical (unpaired) electrons. The number of hydrogen-bond donors (Lipinski definition) is 1. The van der Waals surface area contributed by atoms with Crippen molar-refractivity contribution in [2.24, 2.45) is 0 Å². The molecular weight excluding hydrogens is 290 g/mol. The van der Waals surface area contributed by atoms with Gasteiger partial charge in [0.05, 0.1) is 10.6 Å². The van der Waals surface area contributed by atoms with Crippen LogP contribution in [0.3, 0.4) is 0 Å². The molecule has 0 bridgehead atoms. The van der Waals surface area contributed by atoms with E-state index in [-0.39, 0.29) is 0 Å². The molecule has 0 unspecified atom stereocenters. The van der Waals surface area contributed by atoms with Crippen LogP contribution in [0.4, 0.5) is 5.13 Å². The van der Waals surface area contributed by atoms with E-state index >= 15 is 0 Å². The van der Waals surface area contributed by atoms with Gasteiger partial charge in [-0.05, 0) is 25.0 Å². The molecule has 0 aromatic carbocycles. The number of hydrogen-bond acceptors (Lipinski definition) is 7. The molecule has 100 valence electrons. The lowest BCUT2D eigenvalue weighted by Crippen LogP contribution is -1.84. The van der Waals surface area contributed by atoms with Gasteiger partial charge in [0.2, 0.25) is 5.13 Å². The van der Waals surface area contributed by atoms with Crippen molar-refractivity contribution in [3.8, 4) is 20.5 Å². The van der Waals surface area contributed by atoms with E-state index < -0.39 is 0 Å². The third-order valence-corrected chi connectivity index (χ3v) is 5.19. The monoisotopic (exact) mass is 301 g/mol. The highest BCUT2D eigenvalue weighted by molar-refractivity contribution is 7.24. The standard InChI is InChI=1S/C13H11N5S2/c14-13-18-17-12(20-13)10-9(7-3-4-7)16-11(19-10)8-2-1-5-15-6-8/h1-2,5-7H,3-4H2,(H2,14,18). The summed E-state index contributed by atoms with van der Waals surface area (Å²) in [6.45, 7) is 0. The number of pyridine rings is 1. The number of thiazole rings is 1. The minimum Gasteiger partial charge on any atom is -0.374 e. The normalized spacial score (nSPS) is 14.6. The fourth-order valence-corrected chi connectivity index (χ4v) is 3.89. The third-order valence-electron chi connectivity index (χ3n) is 3.16. The molecular formula is C13H11N5S2. The van der Waals surface area contributed by atoms with Gasteiger partial charge in [-0.15, -0.1) is 21.5 Å². The number of nitrogen functional groups attached to an aromatic ring is 1. The zero-order chi connectivity index (χ0) is 13.5. The van der Waals surface area contributed by atoms with Gasteiger partial charge in [0, 0.05) is 23.9 Å². The van der Waals surface area contributed by atoms with Gasteiger partial charge in [0.25, 0.3) is 0 Å². The van der Waals surface area contributed by atoms with E-state index in [9.17, 15) is 0 Å². The minimum absolute atomic E-state index is 0.498. The van der Waals surface area contributed by atoms with E-state index in [1.165, 1.54) is 24.2 Å². The summed E-state index contributed by atoms with van der Waals surface area (Å²) in [7, 11) is 0. The Bertz CT molecular complexity index is 745. The van der Waals surface area contributed by atoms with Crippen LogP contribution in [-0.4, -0.2) is 20.2 Å². The number of rotatable bonds is 3. The summed E-state index contributed by atoms with van der Waals surface area (Å²) >= 11 is 3.07. The van der Waals surface area contributed by atoms with Crippen molar-refractivity contribution in [1.82, 2.24) is 20.2 Å². The van der Waals surface area contributed by atoms with Crippen molar-refractivity contribution < 1.29 is 0 Å². The van der Waals surface area contributed by atoms with Crippen LogP contribution in [0.2, 0.25) is 0 Å². The second kappa shape index (κ2) is 4.60. The molecule has 3 aromatic heterocycles. The summed E-state index contributed by atoms with van der Waals surface area (Å²) in [5.41, 5.74) is 7.88. The number of nitrogens with two attached hydrogens (primary N) is 1. The summed E-state index contributed by atoms with van der Waals surface area (Å²) in [6, 6.07) is 3.96. The number of anilines is 1. The van der Waals surface area contributed by atoms with Gasteiger partial charge < -0.3 is 5.73 Å². The molecule has 2 N–H and O–H groups in total. The van der Waals surface area contributed by atoms with E-state index in [2.05, 4.69) is 15.2 Å². The summed E-state index contributed by atoms with van der Waals surface area (Å²) in [4.78, 5) is 10.1. The number of aromatic nitrogens is 4. The van der Waals surface area contributed by atoms with Crippen molar-refractivity contribution in [3.63, 3.8) is 0 Å². The fourth-order valence-electron chi connectivity index (χ4n) is 2.06. The second-order valence-corrected chi connectivity index (χ2v) is 6.70. The summed E-state index contributed by atoms with van der Waals surface area (Å²) in [6.07, 6.45) is 6.02. The van der Waals surface area contributed by atoms with Gasteiger partial charge in [-0.2, -0.15) is 0 Å². The van der Waals surface area contributed by atoms with Gasteiger partial charge in [0.1, 0.15) is 5.01 Å². The Kier molecular flexibility index (Phi) is 2.75. The quantitative estimate of drug-likeness (QED) is 0.804. The van der Waals surface area contributed by atoms with Crippen molar-refractivity contribution in [1.29, 1.82) is 0 Å². The molecule has 3 heterocycles. The molecule has 1 aliphatic carbocycles. The predicted molar refractivity (Wildman–Crippen MR) is 80.6 cm³/mol. The molecule has 20 heavy (non-hydrogen) atoms. The molecule has 0 spiro atoms. The van der Waals surface area contributed by atoms with Crippen LogP contribution in [0.25, 0.3) is 20.5 Å². The lowest BCUT2D eigenvalue weighted by molar-refractivity contribution is 1.04. The highest BCUT2D eigenvalue weighted by Crippen LogP contribution is 2.48. The molecule has 1 fully saturated rings. The fraction of sp³-hybridized carbons (Fsp3) is 0.231. The van der Waals surface area contributed by atoms with Crippen LogP contribution in [0, 0.1) is 0 Å². The molecule has 3 aromatic rings. The van der Waals surface area contributed by atoms with Crippen LogP contribution in [0.5, 0.6) is 0 Å². The molecule has 4 rings (SSSR count). The van der Waals surface area contributed by atoms with Gasteiger partial charge in [0.15, 0.2) is 5.01 Å². The maximum Gasteiger partial charge on any atom is 0.203 e. The Balaban J connectivity index is 1.83. The summed E-state index contributed by atoms with van der Waals surface area (Å²) in [5.74, 6) is 0.566. The highest BCUT2D eigenvalue weighted by Gasteiger charge is 2.31. The first-order valence-electron chi connectivity index (χ1n) is 6.32. The first-order chi connectivity index (χ1) is 9.81. The van der Waals surface area contributed by atoms with E-state index in [1.54, 1.807) is 17.5 Å². The van der Waals surface area contributed by atoms with E-state index in [0.29, 0.717) is 11.0 Å². The third kappa shape index (κ3) is 2.08. The smallest absolute Gasteiger partial charge is 0.203 e. The molecule has 7 heteroatoms. The Morgan fingerprint density at radius 1 is 1.15 bits per heavy atom. The lowest BCUT2D eigenvalue weighted by atomic mass is 10.2. The highest BCUT2D eigenvalue weighted by atomic mass is 32.1.